The minimum absolute atomic E-state index is 0.123. The normalized spacial score (nSPS) is 9.86. The lowest BCUT2D eigenvalue weighted by atomic mass is 10.2. The van der Waals surface area contributed by atoms with Crippen molar-refractivity contribution in [2.24, 2.45) is 0 Å². The highest BCUT2D eigenvalue weighted by Crippen LogP contribution is 2.12. The Morgan fingerprint density at radius 1 is 0.955 bits per heavy atom. The number of urea groups is 1. The highest BCUT2D eigenvalue weighted by atomic mass is 16.3. The summed E-state index contributed by atoms with van der Waals surface area (Å²) in [5, 5.41) is 16.4. The van der Waals surface area contributed by atoms with Gasteiger partial charge < -0.3 is 21.1 Å². The zero-order valence-corrected chi connectivity index (χ0v) is 11.7. The fraction of sp³-hybridized carbons (Fsp3) is 0.133. The zero-order valence-electron chi connectivity index (χ0n) is 11.7. The molecule has 0 saturated heterocycles. The van der Waals surface area contributed by atoms with Gasteiger partial charge in [-0.15, -0.1) is 0 Å². The van der Waals surface area contributed by atoms with Crippen molar-refractivity contribution in [1.29, 1.82) is 0 Å². The molecule has 1 aromatic heterocycles. The summed E-state index contributed by atoms with van der Waals surface area (Å²) >= 11 is 0. The second-order valence-corrected chi connectivity index (χ2v) is 4.37. The summed E-state index contributed by atoms with van der Waals surface area (Å²) in [4.78, 5) is 27.3. The van der Waals surface area contributed by atoms with Crippen molar-refractivity contribution in [3.8, 4) is 0 Å². The van der Waals surface area contributed by atoms with Gasteiger partial charge in [0.05, 0.1) is 6.61 Å². The number of carbonyl (C=O) groups excluding carboxylic acids is 2. The van der Waals surface area contributed by atoms with Crippen LogP contribution in [0.1, 0.15) is 10.4 Å². The Bertz CT molecular complexity index is 629. The second kappa shape index (κ2) is 7.75. The fourth-order valence-electron chi connectivity index (χ4n) is 1.69. The number of aliphatic hydroxyl groups is 1. The molecule has 2 rings (SSSR count). The van der Waals surface area contributed by atoms with Crippen molar-refractivity contribution in [3.05, 3.63) is 54.4 Å². The lowest BCUT2D eigenvalue weighted by Gasteiger charge is -2.08. The fourth-order valence-corrected chi connectivity index (χ4v) is 1.69. The van der Waals surface area contributed by atoms with Crippen LogP contribution in [0.25, 0.3) is 0 Å². The van der Waals surface area contributed by atoms with Crippen molar-refractivity contribution in [2.45, 2.75) is 0 Å². The lowest BCUT2D eigenvalue weighted by Crippen LogP contribution is -2.30. The molecule has 0 bridgehead atoms. The maximum Gasteiger partial charge on any atom is 0.319 e. The SMILES string of the molecule is O=C(NCCO)Nc1ccc(C(=O)Nc2ccncc2)cc1. The Morgan fingerprint density at radius 2 is 1.59 bits per heavy atom. The standard InChI is InChI=1S/C15H16N4O3/c20-10-9-17-15(22)19-12-3-1-11(2-4-12)14(21)18-13-5-7-16-8-6-13/h1-8,20H,9-10H2,(H,16,18,21)(H2,17,19,22). The predicted octanol–water partition coefficient (Wildman–Crippen LogP) is 1.45. The number of hydrogen-bond acceptors (Lipinski definition) is 4. The molecule has 0 aliphatic heterocycles. The van der Waals surface area contributed by atoms with Crippen molar-refractivity contribution >= 4 is 23.3 Å². The summed E-state index contributed by atoms with van der Waals surface area (Å²) in [6.07, 6.45) is 3.18. The molecule has 4 N–H and O–H groups in total. The number of aromatic nitrogens is 1. The molecule has 7 heteroatoms. The quantitative estimate of drug-likeness (QED) is 0.671. The van der Waals surface area contributed by atoms with Gasteiger partial charge in [0.2, 0.25) is 0 Å². The molecule has 0 spiro atoms. The number of anilines is 2. The Balaban J connectivity index is 1.93. The van der Waals surface area contributed by atoms with Crippen molar-refractivity contribution in [2.75, 3.05) is 23.8 Å². The van der Waals surface area contributed by atoms with Gasteiger partial charge in [-0.1, -0.05) is 0 Å². The molecule has 0 aliphatic rings. The van der Waals surface area contributed by atoms with E-state index in [0.29, 0.717) is 16.9 Å². The van der Waals surface area contributed by atoms with Crippen LogP contribution >= 0.6 is 0 Å². The van der Waals surface area contributed by atoms with E-state index in [-0.39, 0.29) is 19.1 Å². The van der Waals surface area contributed by atoms with Crippen LogP contribution in [0.3, 0.4) is 0 Å². The van der Waals surface area contributed by atoms with E-state index in [9.17, 15) is 9.59 Å². The molecule has 7 nitrogen and oxygen atoms in total. The number of benzene rings is 1. The molecule has 3 amide bonds. The van der Waals surface area contributed by atoms with Gasteiger partial charge in [-0.05, 0) is 36.4 Å². The first kappa shape index (κ1) is 15.5. The highest BCUT2D eigenvalue weighted by Gasteiger charge is 2.06. The summed E-state index contributed by atoms with van der Waals surface area (Å²) in [6.45, 7) is 0.0553. The third-order valence-corrected chi connectivity index (χ3v) is 2.74. The molecule has 0 unspecified atom stereocenters. The minimum Gasteiger partial charge on any atom is -0.395 e. The Morgan fingerprint density at radius 3 is 2.23 bits per heavy atom. The summed E-state index contributed by atoms with van der Waals surface area (Å²) in [7, 11) is 0. The van der Waals surface area contributed by atoms with Crippen LogP contribution in [0.15, 0.2) is 48.8 Å². The number of nitrogens with one attached hydrogen (secondary N) is 3. The molecule has 0 saturated carbocycles. The molecule has 0 radical (unpaired) electrons. The van der Waals surface area contributed by atoms with Crippen LogP contribution in [0.2, 0.25) is 0 Å². The topological polar surface area (TPSA) is 103 Å². The van der Waals surface area contributed by atoms with Gasteiger partial charge in [-0.2, -0.15) is 0 Å². The summed E-state index contributed by atoms with van der Waals surface area (Å²) < 4.78 is 0. The average Bonchev–Trinajstić information content (AvgIpc) is 2.54. The largest absolute Gasteiger partial charge is 0.395 e. The number of hydrogen-bond donors (Lipinski definition) is 4. The van der Waals surface area contributed by atoms with E-state index in [1.54, 1.807) is 48.8 Å². The predicted molar refractivity (Wildman–Crippen MR) is 82.7 cm³/mol. The number of amides is 3. The van der Waals surface area contributed by atoms with Crippen molar-refractivity contribution in [3.63, 3.8) is 0 Å². The first-order valence-electron chi connectivity index (χ1n) is 6.66. The molecule has 1 heterocycles. The van der Waals surface area contributed by atoms with Crippen LogP contribution in [0.4, 0.5) is 16.2 Å². The first-order valence-corrected chi connectivity index (χ1v) is 6.66. The van der Waals surface area contributed by atoms with E-state index in [4.69, 9.17) is 5.11 Å². The van der Waals surface area contributed by atoms with Crippen molar-refractivity contribution in [1.82, 2.24) is 10.3 Å². The third-order valence-electron chi connectivity index (χ3n) is 2.74. The monoisotopic (exact) mass is 300 g/mol. The molecular weight excluding hydrogens is 284 g/mol. The number of pyridine rings is 1. The summed E-state index contributed by atoms with van der Waals surface area (Å²) in [5.41, 5.74) is 1.68. The van der Waals surface area contributed by atoms with E-state index < -0.39 is 6.03 Å². The van der Waals surface area contributed by atoms with Crippen LogP contribution in [0.5, 0.6) is 0 Å². The van der Waals surface area contributed by atoms with Crippen LogP contribution in [-0.2, 0) is 0 Å². The maximum absolute atomic E-state index is 12.0. The maximum atomic E-state index is 12.0. The van der Waals surface area contributed by atoms with Gasteiger partial charge in [-0.3, -0.25) is 9.78 Å². The number of aliphatic hydroxyl groups excluding tert-OH is 1. The van der Waals surface area contributed by atoms with Gasteiger partial charge >= 0.3 is 6.03 Å². The molecule has 0 fully saturated rings. The van der Waals surface area contributed by atoms with E-state index >= 15 is 0 Å². The van der Waals surface area contributed by atoms with Gasteiger partial charge in [-0.25, -0.2) is 4.79 Å². The Hall–Kier alpha value is -2.93. The van der Waals surface area contributed by atoms with Gasteiger partial charge in [0.1, 0.15) is 0 Å². The van der Waals surface area contributed by atoms with Crippen LogP contribution in [0, 0.1) is 0 Å². The Kier molecular flexibility index (Phi) is 5.44. The smallest absolute Gasteiger partial charge is 0.319 e. The molecular formula is C15H16N4O3. The number of carbonyl (C=O) groups is 2. The molecule has 0 atom stereocenters. The van der Waals surface area contributed by atoms with Crippen LogP contribution in [-0.4, -0.2) is 35.2 Å². The second-order valence-electron chi connectivity index (χ2n) is 4.37. The van der Waals surface area contributed by atoms with Gasteiger partial charge in [0, 0.05) is 35.9 Å². The highest BCUT2D eigenvalue weighted by molar-refractivity contribution is 6.04. The molecule has 0 aliphatic carbocycles. The number of nitrogens with zero attached hydrogens (tertiary/aromatic N) is 1. The van der Waals surface area contributed by atoms with Crippen LogP contribution < -0.4 is 16.0 Å². The number of rotatable bonds is 5. The zero-order chi connectivity index (χ0) is 15.8. The lowest BCUT2D eigenvalue weighted by molar-refractivity contribution is 0.102. The minimum atomic E-state index is -0.414. The average molecular weight is 300 g/mol. The van der Waals surface area contributed by atoms with E-state index in [1.807, 2.05) is 0 Å². The van der Waals surface area contributed by atoms with E-state index in [2.05, 4.69) is 20.9 Å². The summed E-state index contributed by atoms with van der Waals surface area (Å²) in [5.74, 6) is -0.248. The molecule has 22 heavy (non-hydrogen) atoms. The van der Waals surface area contributed by atoms with E-state index in [1.165, 1.54) is 0 Å². The van der Waals surface area contributed by atoms with Gasteiger partial charge in [0.25, 0.3) is 5.91 Å². The first-order chi connectivity index (χ1) is 10.7. The molecule has 2 aromatic rings. The summed E-state index contributed by atoms with van der Waals surface area (Å²) in [6, 6.07) is 9.44. The third kappa shape index (κ3) is 4.57. The van der Waals surface area contributed by atoms with Crippen molar-refractivity contribution < 1.29 is 14.7 Å². The Labute approximate surface area is 127 Å². The molecule has 114 valence electrons. The molecule has 1 aromatic carbocycles. The van der Waals surface area contributed by atoms with Gasteiger partial charge in [0.15, 0.2) is 0 Å². The van der Waals surface area contributed by atoms with E-state index in [0.717, 1.165) is 0 Å².